The highest BCUT2D eigenvalue weighted by atomic mass is 15.3. The first-order valence-corrected chi connectivity index (χ1v) is 10.3. The molecule has 0 saturated heterocycles. The second-order valence-corrected chi connectivity index (χ2v) is 7.44. The lowest BCUT2D eigenvalue weighted by molar-refractivity contribution is 0.808. The fourth-order valence-corrected chi connectivity index (χ4v) is 3.94. The van der Waals surface area contributed by atoms with Crippen molar-refractivity contribution in [3.63, 3.8) is 0 Å². The van der Waals surface area contributed by atoms with Crippen LogP contribution in [0.4, 0.5) is 0 Å². The monoisotopic (exact) mass is 446 g/mol. The number of nitrogens with zero attached hydrogens (tertiary/aromatic N) is 12. The Hall–Kier alpha value is -5.26. The minimum Gasteiger partial charge on any atom is -0.306 e. The summed E-state index contributed by atoms with van der Waals surface area (Å²) >= 11 is 0. The lowest BCUT2D eigenvalue weighted by atomic mass is 10.2. The highest BCUT2D eigenvalue weighted by Gasteiger charge is 2.19. The number of fused-ring (bicyclic) bond motifs is 3. The molecule has 0 unspecified atom stereocenters. The second kappa shape index (κ2) is 7.13. The molecular formula is C22H14N12. The summed E-state index contributed by atoms with van der Waals surface area (Å²) in [6.45, 7) is 0. The number of hydrogen-bond acceptors (Lipinski definition) is 8. The van der Waals surface area contributed by atoms with Gasteiger partial charge in [0.15, 0.2) is 5.65 Å². The van der Waals surface area contributed by atoms with Crippen LogP contribution in [0.3, 0.4) is 0 Å². The zero-order valence-corrected chi connectivity index (χ0v) is 17.4. The normalized spacial score (nSPS) is 11.5. The third kappa shape index (κ3) is 2.79. The van der Waals surface area contributed by atoms with Gasteiger partial charge in [-0.3, -0.25) is 13.7 Å². The zero-order valence-electron chi connectivity index (χ0n) is 17.4. The molecule has 6 aromatic heterocycles. The van der Waals surface area contributed by atoms with Crippen molar-refractivity contribution in [3.05, 3.63) is 86.9 Å². The third-order valence-corrected chi connectivity index (χ3v) is 5.49. The van der Waals surface area contributed by atoms with Crippen molar-refractivity contribution in [2.45, 2.75) is 0 Å². The van der Waals surface area contributed by atoms with E-state index in [2.05, 4.69) is 36.0 Å². The predicted octanol–water partition coefficient (Wildman–Crippen LogP) is 2.32. The smallest absolute Gasteiger partial charge is 0.242 e. The SMILES string of the molecule is c1cn(-c2ccc3c(c2)c2cncnc2n3-c2nc(-n3ccnc3)nc(-n3ccnc3)n2)cn1. The average Bonchev–Trinajstić information content (AvgIpc) is 3.70. The zero-order chi connectivity index (χ0) is 22.5. The molecule has 0 aliphatic heterocycles. The van der Waals surface area contributed by atoms with Crippen LogP contribution in [0.5, 0.6) is 0 Å². The van der Waals surface area contributed by atoms with E-state index in [9.17, 15) is 0 Å². The van der Waals surface area contributed by atoms with Crippen molar-refractivity contribution in [3.8, 4) is 23.5 Å². The van der Waals surface area contributed by atoms with Crippen LogP contribution in [0, 0.1) is 0 Å². The molecule has 7 aromatic rings. The Morgan fingerprint density at radius 1 is 0.618 bits per heavy atom. The first-order valence-electron chi connectivity index (χ1n) is 10.3. The standard InChI is InChI=1S/C22H14N12/c1-2-18-16(9-15(1)31-6-3-23-12-31)17-10-26-11-27-19(17)34(18)22-29-20(32-7-4-24-13-32)28-21(30-22)33-8-5-25-14-33/h1-14H. The number of rotatable bonds is 4. The van der Waals surface area contributed by atoms with Crippen molar-refractivity contribution in [2.75, 3.05) is 0 Å². The van der Waals surface area contributed by atoms with Crippen LogP contribution in [-0.2, 0) is 0 Å². The van der Waals surface area contributed by atoms with Crippen LogP contribution in [-0.4, -0.2) is 58.1 Å². The van der Waals surface area contributed by atoms with Gasteiger partial charge in [-0.15, -0.1) is 0 Å². The molecular weight excluding hydrogens is 432 g/mol. The van der Waals surface area contributed by atoms with Crippen LogP contribution in [0.1, 0.15) is 0 Å². The molecule has 6 heterocycles. The van der Waals surface area contributed by atoms with Gasteiger partial charge in [0.2, 0.25) is 17.8 Å². The molecule has 0 aliphatic rings. The molecule has 0 amide bonds. The number of hydrogen-bond donors (Lipinski definition) is 0. The average molecular weight is 446 g/mol. The van der Waals surface area contributed by atoms with Crippen LogP contribution >= 0.6 is 0 Å². The first kappa shape index (κ1) is 18.3. The molecule has 1 aromatic carbocycles. The van der Waals surface area contributed by atoms with Crippen molar-refractivity contribution >= 4 is 21.9 Å². The van der Waals surface area contributed by atoms with Gasteiger partial charge in [0.1, 0.15) is 19.0 Å². The summed E-state index contributed by atoms with van der Waals surface area (Å²) in [5.41, 5.74) is 2.55. The largest absolute Gasteiger partial charge is 0.306 e. The number of imidazole rings is 3. The van der Waals surface area contributed by atoms with Crippen molar-refractivity contribution in [1.82, 2.24) is 58.1 Å². The van der Waals surface area contributed by atoms with Gasteiger partial charge < -0.3 is 4.57 Å². The van der Waals surface area contributed by atoms with E-state index in [-0.39, 0.29) is 0 Å². The third-order valence-electron chi connectivity index (χ3n) is 5.49. The van der Waals surface area contributed by atoms with E-state index < -0.39 is 0 Å². The van der Waals surface area contributed by atoms with Crippen LogP contribution < -0.4 is 0 Å². The predicted molar refractivity (Wildman–Crippen MR) is 121 cm³/mol. The van der Waals surface area contributed by atoms with E-state index >= 15 is 0 Å². The highest BCUT2D eigenvalue weighted by Crippen LogP contribution is 2.31. The minimum absolute atomic E-state index is 0.413. The summed E-state index contributed by atoms with van der Waals surface area (Å²) in [5.74, 6) is 1.26. The van der Waals surface area contributed by atoms with Crippen LogP contribution in [0.25, 0.3) is 45.5 Å². The van der Waals surface area contributed by atoms with Crippen LogP contribution in [0.15, 0.2) is 86.9 Å². The topological polar surface area (TPSA) is 123 Å². The molecule has 12 nitrogen and oxygen atoms in total. The molecule has 7 rings (SSSR count). The number of benzene rings is 1. The van der Waals surface area contributed by atoms with Gasteiger partial charge in [-0.1, -0.05) is 0 Å². The Morgan fingerprint density at radius 3 is 1.91 bits per heavy atom. The van der Waals surface area contributed by atoms with Gasteiger partial charge in [-0.2, -0.15) is 15.0 Å². The lowest BCUT2D eigenvalue weighted by Crippen LogP contribution is -2.12. The van der Waals surface area contributed by atoms with Gasteiger partial charge >= 0.3 is 0 Å². The highest BCUT2D eigenvalue weighted by molar-refractivity contribution is 6.07. The molecule has 12 heteroatoms. The fourth-order valence-electron chi connectivity index (χ4n) is 3.94. The van der Waals surface area contributed by atoms with Crippen LogP contribution in [0.2, 0.25) is 0 Å². The van der Waals surface area contributed by atoms with Gasteiger partial charge in [-0.25, -0.2) is 24.9 Å². The molecule has 0 radical (unpaired) electrons. The van der Waals surface area contributed by atoms with Crippen molar-refractivity contribution in [2.24, 2.45) is 0 Å². The van der Waals surface area contributed by atoms with Gasteiger partial charge in [0.25, 0.3) is 0 Å². The van der Waals surface area contributed by atoms with Crippen molar-refractivity contribution < 1.29 is 0 Å². The summed E-state index contributed by atoms with van der Waals surface area (Å²) in [4.78, 5) is 35.3. The first-order chi connectivity index (χ1) is 16.8. The van der Waals surface area contributed by atoms with Crippen molar-refractivity contribution in [1.29, 1.82) is 0 Å². The minimum atomic E-state index is 0.413. The van der Waals surface area contributed by atoms with E-state index in [1.165, 1.54) is 6.33 Å². The van der Waals surface area contributed by atoms with Gasteiger partial charge in [-0.05, 0) is 18.2 Å². The maximum absolute atomic E-state index is 4.76. The molecule has 0 N–H and O–H groups in total. The van der Waals surface area contributed by atoms with Gasteiger partial charge in [0.05, 0.1) is 11.8 Å². The Labute approximate surface area is 190 Å². The molecule has 34 heavy (non-hydrogen) atoms. The van der Waals surface area contributed by atoms with Gasteiger partial charge in [0, 0.05) is 59.8 Å². The molecule has 0 aliphatic carbocycles. The Balaban J connectivity index is 1.53. The molecule has 0 bridgehead atoms. The summed E-state index contributed by atoms with van der Waals surface area (Å²) in [6, 6.07) is 6.11. The van der Waals surface area contributed by atoms with E-state index in [0.29, 0.717) is 23.5 Å². The van der Waals surface area contributed by atoms with E-state index in [1.54, 1.807) is 65.3 Å². The molecule has 0 atom stereocenters. The molecule has 0 spiro atoms. The fraction of sp³-hybridized carbons (Fsp3) is 0. The molecule has 0 fully saturated rings. The Morgan fingerprint density at radius 2 is 1.26 bits per heavy atom. The molecule has 0 saturated carbocycles. The molecule has 162 valence electrons. The summed E-state index contributed by atoms with van der Waals surface area (Å²) in [5, 5.41) is 1.85. The quantitative estimate of drug-likeness (QED) is 0.404. The Bertz CT molecular complexity index is 1690. The number of aromatic nitrogens is 12. The summed E-state index contributed by atoms with van der Waals surface area (Å²) in [7, 11) is 0. The summed E-state index contributed by atoms with van der Waals surface area (Å²) in [6.07, 6.45) is 18.9. The van der Waals surface area contributed by atoms with E-state index in [4.69, 9.17) is 9.97 Å². The van der Waals surface area contributed by atoms with E-state index in [1.807, 2.05) is 27.5 Å². The lowest BCUT2D eigenvalue weighted by Gasteiger charge is -2.10. The maximum atomic E-state index is 4.76. The van der Waals surface area contributed by atoms with E-state index in [0.717, 1.165) is 22.0 Å². The maximum Gasteiger partial charge on any atom is 0.242 e. The summed E-state index contributed by atoms with van der Waals surface area (Å²) < 4.78 is 7.31. The Kier molecular flexibility index (Phi) is 3.84. The second-order valence-electron chi connectivity index (χ2n) is 7.44.